The van der Waals surface area contributed by atoms with Crippen LogP contribution in [0.3, 0.4) is 0 Å². The predicted molar refractivity (Wildman–Crippen MR) is 109 cm³/mol. The highest BCUT2D eigenvalue weighted by atomic mass is 31.2. The van der Waals surface area contributed by atoms with Gasteiger partial charge in [0.1, 0.15) is 11.5 Å². The second-order valence-electron chi connectivity index (χ2n) is 6.65. The van der Waals surface area contributed by atoms with Crippen LogP contribution in [0.25, 0.3) is 0 Å². The summed E-state index contributed by atoms with van der Waals surface area (Å²) in [5.41, 5.74) is 5.25. The number of aromatic hydroxyl groups is 1. The van der Waals surface area contributed by atoms with Crippen LogP contribution in [0.15, 0.2) is 30.3 Å². The highest BCUT2D eigenvalue weighted by molar-refractivity contribution is 7.52. The van der Waals surface area contributed by atoms with Crippen LogP contribution in [-0.4, -0.2) is 16.7 Å². The van der Waals surface area contributed by atoms with E-state index >= 15 is 0 Å². The Kier molecular flexibility index (Phi) is 7.92. The second-order valence-corrected chi connectivity index (χ2v) is 8.44. The summed E-state index contributed by atoms with van der Waals surface area (Å²) in [4.78, 5) is 9.38. The van der Waals surface area contributed by atoms with Crippen LogP contribution >= 0.6 is 7.60 Å². The molecule has 0 aliphatic carbocycles. The minimum atomic E-state index is -3.56. The minimum Gasteiger partial charge on any atom is -0.508 e. The van der Waals surface area contributed by atoms with Crippen molar-refractivity contribution >= 4 is 7.60 Å². The van der Waals surface area contributed by atoms with E-state index in [2.05, 4.69) is 13.8 Å². The van der Waals surface area contributed by atoms with Crippen LogP contribution in [0.1, 0.15) is 61.4 Å². The molecule has 0 spiro atoms. The van der Waals surface area contributed by atoms with Crippen molar-refractivity contribution in [2.45, 2.75) is 53.9 Å². The average Bonchev–Trinajstić information content (AvgIpc) is 2.52. The SMILES string of the molecule is CC.Cc1cc(OP(C)(=O)O)cc(C)c1Cc1ccc(O)c(C(C)C)c1. The molecule has 2 N–H and O–H groups in total. The number of hydrogen-bond donors (Lipinski definition) is 2. The third-order valence-electron chi connectivity index (χ3n) is 4.04. The topological polar surface area (TPSA) is 66.8 Å². The first kappa shape index (κ1) is 22.3. The monoisotopic (exact) mass is 378 g/mol. The van der Waals surface area contributed by atoms with Gasteiger partial charge in [-0.05, 0) is 72.2 Å². The van der Waals surface area contributed by atoms with E-state index in [4.69, 9.17) is 4.52 Å². The third-order valence-corrected chi connectivity index (χ3v) is 4.59. The summed E-state index contributed by atoms with van der Waals surface area (Å²) < 4.78 is 16.5. The summed E-state index contributed by atoms with van der Waals surface area (Å²) in [6.45, 7) is 13.2. The normalized spacial score (nSPS) is 13.0. The molecule has 4 nitrogen and oxygen atoms in total. The van der Waals surface area contributed by atoms with Crippen molar-refractivity contribution in [2.24, 2.45) is 0 Å². The van der Waals surface area contributed by atoms with Crippen molar-refractivity contribution in [3.05, 3.63) is 58.1 Å². The van der Waals surface area contributed by atoms with Gasteiger partial charge >= 0.3 is 7.60 Å². The van der Waals surface area contributed by atoms with E-state index in [0.29, 0.717) is 11.5 Å². The highest BCUT2D eigenvalue weighted by Crippen LogP contribution is 2.39. The van der Waals surface area contributed by atoms with Crippen LogP contribution in [0.2, 0.25) is 0 Å². The van der Waals surface area contributed by atoms with Gasteiger partial charge < -0.3 is 14.5 Å². The zero-order valence-corrected chi connectivity index (χ0v) is 17.7. The largest absolute Gasteiger partial charge is 0.508 e. The van der Waals surface area contributed by atoms with Gasteiger partial charge in [0.15, 0.2) is 0 Å². The molecule has 0 aliphatic rings. The smallest absolute Gasteiger partial charge is 0.373 e. The molecule has 2 aromatic rings. The Hall–Kier alpha value is -1.77. The molecule has 0 aliphatic heterocycles. The van der Waals surface area contributed by atoms with Gasteiger partial charge in [-0.3, -0.25) is 0 Å². The first-order valence-corrected chi connectivity index (χ1v) is 11.0. The molecular weight excluding hydrogens is 347 g/mol. The minimum absolute atomic E-state index is 0.256. The molecule has 0 radical (unpaired) electrons. The summed E-state index contributed by atoms with van der Waals surface area (Å²) in [7, 11) is -3.56. The van der Waals surface area contributed by atoms with E-state index in [1.54, 1.807) is 18.2 Å². The molecule has 2 aromatic carbocycles. The summed E-state index contributed by atoms with van der Waals surface area (Å²) in [6.07, 6.45) is 0.737. The van der Waals surface area contributed by atoms with Gasteiger partial charge in [0.05, 0.1) is 0 Å². The Bertz CT molecular complexity index is 768. The van der Waals surface area contributed by atoms with Crippen molar-refractivity contribution < 1.29 is 19.1 Å². The number of aryl methyl sites for hydroxylation is 2. The molecule has 0 bridgehead atoms. The molecule has 0 saturated heterocycles. The maximum absolute atomic E-state index is 11.4. The van der Waals surface area contributed by atoms with Crippen molar-refractivity contribution in [1.29, 1.82) is 0 Å². The van der Waals surface area contributed by atoms with E-state index in [1.165, 1.54) is 6.66 Å². The van der Waals surface area contributed by atoms with Crippen LogP contribution in [-0.2, 0) is 11.0 Å². The number of rotatable bonds is 5. The van der Waals surface area contributed by atoms with Crippen LogP contribution in [0, 0.1) is 13.8 Å². The Labute approximate surface area is 157 Å². The molecule has 144 valence electrons. The summed E-state index contributed by atoms with van der Waals surface area (Å²) in [5, 5.41) is 9.96. The standard InChI is InChI=1S/C19H25O4P.C2H6/c1-12(2)17-10-15(6-7-19(17)20)11-18-13(3)8-16(9-14(18)4)23-24(5,21)22;1-2/h6-10,12,20H,11H2,1-5H3,(H,21,22);1-2H3. The van der Waals surface area contributed by atoms with E-state index in [1.807, 2.05) is 39.8 Å². The fourth-order valence-corrected chi connectivity index (χ4v) is 3.36. The Morgan fingerprint density at radius 1 is 1.08 bits per heavy atom. The van der Waals surface area contributed by atoms with E-state index in [0.717, 1.165) is 34.2 Å². The predicted octanol–water partition coefficient (Wildman–Crippen LogP) is 5.94. The summed E-state index contributed by atoms with van der Waals surface area (Å²) >= 11 is 0. The number of benzene rings is 2. The lowest BCUT2D eigenvalue weighted by atomic mass is 9.93. The molecule has 1 unspecified atom stereocenters. The first-order chi connectivity index (χ1) is 12.1. The quantitative estimate of drug-likeness (QED) is 0.632. The summed E-state index contributed by atoms with van der Waals surface area (Å²) in [6, 6.07) is 9.29. The molecule has 0 fully saturated rings. The van der Waals surface area contributed by atoms with E-state index in [9.17, 15) is 14.6 Å². The molecule has 26 heavy (non-hydrogen) atoms. The molecule has 0 saturated carbocycles. The molecule has 0 aromatic heterocycles. The van der Waals surface area contributed by atoms with Crippen LogP contribution < -0.4 is 4.52 Å². The van der Waals surface area contributed by atoms with Gasteiger partial charge in [-0.15, -0.1) is 0 Å². The first-order valence-electron chi connectivity index (χ1n) is 8.98. The zero-order chi connectivity index (χ0) is 20.1. The van der Waals surface area contributed by atoms with Crippen molar-refractivity contribution in [3.8, 4) is 11.5 Å². The van der Waals surface area contributed by atoms with E-state index < -0.39 is 7.60 Å². The molecule has 0 amide bonds. The lowest BCUT2D eigenvalue weighted by Crippen LogP contribution is -1.99. The van der Waals surface area contributed by atoms with Crippen LogP contribution in [0.4, 0.5) is 0 Å². The number of hydrogen-bond acceptors (Lipinski definition) is 3. The third kappa shape index (κ3) is 6.19. The zero-order valence-electron chi connectivity index (χ0n) is 16.8. The molecule has 1 atom stereocenters. The summed E-state index contributed by atoms with van der Waals surface area (Å²) in [5.74, 6) is 0.995. The lowest BCUT2D eigenvalue weighted by Gasteiger charge is -2.16. The van der Waals surface area contributed by atoms with Gasteiger partial charge in [0.2, 0.25) is 0 Å². The maximum Gasteiger partial charge on any atom is 0.373 e. The van der Waals surface area contributed by atoms with Gasteiger partial charge in [-0.2, -0.15) is 0 Å². The Morgan fingerprint density at radius 2 is 1.62 bits per heavy atom. The fraction of sp³-hybridized carbons (Fsp3) is 0.429. The molecule has 5 heteroatoms. The average molecular weight is 378 g/mol. The van der Waals surface area contributed by atoms with Crippen LogP contribution in [0.5, 0.6) is 11.5 Å². The van der Waals surface area contributed by atoms with Gasteiger partial charge in [0, 0.05) is 6.66 Å². The number of phenols is 1. The lowest BCUT2D eigenvalue weighted by molar-refractivity contribution is 0.387. The Balaban J connectivity index is 0.00000163. The molecule has 0 heterocycles. The maximum atomic E-state index is 11.4. The second kappa shape index (κ2) is 9.25. The highest BCUT2D eigenvalue weighted by Gasteiger charge is 2.15. The van der Waals surface area contributed by atoms with Gasteiger partial charge in [0.25, 0.3) is 0 Å². The van der Waals surface area contributed by atoms with E-state index in [-0.39, 0.29) is 5.92 Å². The van der Waals surface area contributed by atoms with Gasteiger partial charge in [-0.25, -0.2) is 4.57 Å². The van der Waals surface area contributed by atoms with Crippen molar-refractivity contribution in [3.63, 3.8) is 0 Å². The van der Waals surface area contributed by atoms with Crippen molar-refractivity contribution in [2.75, 3.05) is 6.66 Å². The Morgan fingerprint density at radius 3 is 2.08 bits per heavy atom. The van der Waals surface area contributed by atoms with Gasteiger partial charge in [-0.1, -0.05) is 39.8 Å². The molecule has 2 rings (SSSR count). The number of phenolic OH excluding ortho intramolecular Hbond substituents is 1. The van der Waals surface area contributed by atoms with Crippen molar-refractivity contribution in [1.82, 2.24) is 0 Å². The molecular formula is C21H31O4P. The fourth-order valence-electron chi connectivity index (χ4n) is 2.86.